The van der Waals surface area contributed by atoms with Crippen LogP contribution >= 0.6 is 0 Å². The summed E-state index contributed by atoms with van der Waals surface area (Å²) in [6.07, 6.45) is 3.99. The van der Waals surface area contributed by atoms with E-state index < -0.39 is 0 Å². The van der Waals surface area contributed by atoms with Crippen LogP contribution in [0.3, 0.4) is 0 Å². The van der Waals surface area contributed by atoms with Crippen LogP contribution in [-0.4, -0.2) is 24.4 Å². The van der Waals surface area contributed by atoms with E-state index >= 15 is 0 Å². The molecule has 0 radical (unpaired) electrons. The van der Waals surface area contributed by atoms with Gasteiger partial charge in [0, 0.05) is 18.2 Å². The van der Waals surface area contributed by atoms with Crippen molar-refractivity contribution in [3.63, 3.8) is 0 Å². The van der Waals surface area contributed by atoms with Crippen molar-refractivity contribution in [3.05, 3.63) is 29.8 Å². The second kappa shape index (κ2) is 6.26. The molecule has 21 heavy (non-hydrogen) atoms. The van der Waals surface area contributed by atoms with E-state index in [-0.39, 0.29) is 23.8 Å². The Hall–Kier alpha value is -1.88. The largest absolute Gasteiger partial charge is 0.351 e. The Kier molecular flexibility index (Phi) is 4.20. The van der Waals surface area contributed by atoms with Crippen LogP contribution in [0.25, 0.3) is 0 Å². The topological polar surface area (TPSA) is 70.2 Å². The summed E-state index contributed by atoms with van der Waals surface area (Å²) in [5.41, 5.74) is 1.85. The number of carbonyl (C=O) groups excluding carboxylic acids is 2. The van der Waals surface area contributed by atoms with Gasteiger partial charge in [-0.15, -0.1) is 0 Å². The summed E-state index contributed by atoms with van der Waals surface area (Å²) < 4.78 is 0. The molecule has 1 saturated heterocycles. The summed E-state index contributed by atoms with van der Waals surface area (Å²) in [6.45, 7) is 1.45. The summed E-state index contributed by atoms with van der Waals surface area (Å²) in [4.78, 5) is 23.5. The Morgan fingerprint density at radius 3 is 2.48 bits per heavy atom. The molecule has 1 atom stereocenters. The van der Waals surface area contributed by atoms with E-state index in [4.69, 9.17) is 0 Å². The van der Waals surface area contributed by atoms with Gasteiger partial charge in [0.15, 0.2) is 0 Å². The quantitative estimate of drug-likeness (QED) is 0.767. The molecule has 5 heteroatoms. The zero-order chi connectivity index (χ0) is 14.7. The first-order valence-electron chi connectivity index (χ1n) is 7.63. The van der Waals surface area contributed by atoms with Gasteiger partial charge < -0.3 is 16.0 Å². The second-order valence-electron chi connectivity index (χ2n) is 5.83. The van der Waals surface area contributed by atoms with Gasteiger partial charge in [0.2, 0.25) is 11.8 Å². The maximum absolute atomic E-state index is 11.9. The molecule has 0 unspecified atom stereocenters. The first-order valence-corrected chi connectivity index (χ1v) is 7.63. The lowest BCUT2D eigenvalue weighted by Crippen LogP contribution is -2.39. The maximum atomic E-state index is 11.9. The fourth-order valence-electron chi connectivity index (χ4n) is 2.52. The van der Waals surface area contributed by atoms with Crippen LogP contribution in [0, 0.1) is 5.92 Å². The average Bonchev–Trinajstić information content (AvgIpc) is 3.21. The summed E-state index contributed by atoms with van der Waals surface area (Å²) in [5.74, 6) is 0.393. The van der Waals surface area contributed by atoms with Crippen LogP contribution in [0.4, 0.5) is 5.69 Å². The number of hydrogen-bond donors (Lipinski definition) is 3. The molecule has 3 rings (SSSR count). The molecule has 1 aliphatic heterocycles. The van der Waals surface area contributed by atoms with Gasteiger partial charge in [-0.1, -0.05) is 12.1 Å². The number of rotatable bonds is 5. The lowest BCUT2D eigenvalue weighted by Gasteiger charge is -2.11. The third-order valence-corrected chi connectivity index (χ3v) is 4.01. The number of benzene rings is 1. The first-order chi connectivity index (χ1) is 10.2. The normalized spacial score (nSPS) is 21.0. The van der Waals surface area contributed by atoms with Crippen molar-refractivity contribution in [1.82, 2.24) is 10.6 Å². The minimum atomic E-state index is -0.0397. The molecule has 1 aromatic rings. The lowest BCUT2D eigenvalue weighted by molar-refractivity contribution is -0.123. The molecule has 3 N–H and O–H groups in total. The smallest absolute Gasteiger partial charge is 0.237 e. The van der Waals surface area contributed by atoms with Crippen LogP contribution in [-0.2, 0) is 16.1 Å². The van der Waals surface area contributed by atoms with Gasteiger partial charge in [-0.05, 0) is 49.9 Å². The Bertz CT molecular complexity index is 517. The summed E-state index contributed by atoms with van der Waals surface area (Å²) in [5, 5.41) is 9.03. The molecule has 0 spiro atoms. The number of nitrogens with one attached hydrogen (secondary N) is 3. The third-order valence-electron chi connectivity index (χ3n) is 4.01. The number of anilines is 1. The standard InChI is InChI=1S/C16H21N3O2/c20-15(12-5-6-12)19-13-7-3-11(4-8-13)10-18-16(21)14-2-1-9-17-14/h3-4,7-8,12,14,17H,1-2,5-6,9-10H2,(H,18,21)(H,19,20)/t14-/m0/s1. The summed E-state index contributed by atoms with van der Waals surface area (Å²) in [6, 6.07) is 7.60. The minimum Gasteiger partial charge on any atom is -0.351 e. The predicted molar refractivity (Wildman–Crippen MR) is 80.7 cm³/mol. The van der Waals surface area contributed by atoms with E-state index in [1.54, 1.807) is 0 Å². The molecule has 2 aliphatic rings. The molecule has 5 nitrogen and oxygen atoms in total. The van der Waals surface area contributed by atoms with E-state index in [2.05, 4.69) is 16.0 Å². The van der Waals surface area contributed by atoms with Gasteiger partial charge in [-0.25, -0.2) is 0 Å². The predicted octanol–water partition coefficient (Wildman–Crippen LogP) is 1.40. The van der Waals surface area contributed by atoms with Gasteiger partial charge >= 0.3 is 0 Å². The highest BCUT2D eigenvalue weighted by Crippen LogP contribution is 2.30. The Labute approximate surface area is 124 Å². The molecular formula is C16H21N3O2. The molecule has 2 amide bonds. The molecule has 0 aromatic heterocycles. The van der Waals surface area contributed by atoms with Crippen LogP contribution in [0.15, 0.2) is 24.3 Å². The van der Waals surface area contributed by atoms with Crippen molar-refractivity contribution in [3.8, 4) is 0 Å². The fraction of sp³-hybridized carbons (Fsp3) is 0.500. The van der Waals surface area contributed by atoms with Gasteiger partial charge in [0.1, 0.15) is 0 Å². The lowest BCUT2D eigenvalue weighted by atomic mass is 10.2. The molecule has 0 bridgehead atoms. The number of hydrogen-bond acceptors (Lipinski definition) is 3. The zero-order valence-electron chi connectivity index (χ0n) is 12.0. The Morgan fingerprint density at radius 2 is 1.86 bits per heavy atom. The van der Waals surface area contributed by atoms with E-state index in [1.165, 1.54) is 0 Å². The number of carbonyl (C=O) groups is 2. The van der Waals surface area contributed by atoms with E-state index in [0.29, 0.717) is 6.54 Å². The highest BCUT2D eigenvalue weighted by Gasteiger charge is 2.29. The first kappa shape index (κ1) is 14.1. The van der Waals surface area contributed by atoms with E-state index in [9.17, 15) is 9.59 Å². The van der Waals surface area contributed by atoms with Crippen molar-refractivity contribution < 1.29 is 9.59 Å². The molecule has 1 heterocycles. The van der Waals surface area contributed by atoms with E-state index in [0.717, 1.165) is 43.5 Å². The molecule has 112 valence electrons. The summed E-state index contributed by atoms with van der Waals surface area (Å²) in [7, 11) is 0. The van der Waals surface area contributed by atoms with Crippen molar-refractivity contribution in [2.75, 3.05) is 11.9 Å². The van der Waals surface area contributed by atoms with Crippen molar-refractivity contribution >= 4 is 17.5 Å². The molecular weight excluding hydrogens is 266 g/mol. The average molecular weight is 287 g/mol. The van der Waals surface area contributed by atoms with Crippen molar-refractivity contribution in [2.24, 2.45) is 5.92 Å². The minimum absolute atomic E-state index is 0.0397. The van der Waals surface area contributed by atoms with Gasteiger partial charge in [-0.2, -0.15) is 0 Å². The molecule has 1 saturated carbocycles. The van der Waals surface area contributed by atoms with E-state index in [1.807, 2.05) is 24.3 Å². The Balaban J connectivity index is 1.47. The van der Waals surface area contributed by atoms with Crippen LogP contribution in [0.2, 0.25) is 0 Å². The molecule has 2 fully saturated rings. The van der Waals surface area contributed by atoms with Crippen LogP contribution < -0.4 is 16.0 Å². The second-order valence-corrected chi connectivity index (χ2v) is 5.83. The SMILES string of the molecule is O=C(Nc1ccc(CNC(=O)[C@@H]2CCCN2)cc1)C1CC1. The summed E-state index contributed by atoms with van der Waals surface area (Å²) >= 11 is 0. The zero-order valence-corrected chi connectivity index (χ0v) is 12.0. The van der Waals surface area contributed by atoms with Crippen LogP contribution in [0.1, 0.15) is 31.2 Å². The highest BCUT2D eigenvalue weighted by molar-refractivity contribution is 5.94. The van der Waals surface area contributed by atoms with Crippen molar-refractivity contribution in [2.45, 2.75) is 38.3 Å². The fourth-order valence-corrected chi connectivity index (χ4v) is 2.52. The molecule has 1 aromatic carbocycles. The molecule has 1 aliphatic carbocycles. The van der Waals surface area contributed by atoms with Crippen LogP contribution in [0.5, 0.6) is 0 Å². The number of amides is 2. The van der Waals surface area contributed by atoms with Gasteiger partial charge in [0.25, 0.3) is 0 Å². The van der Waals surface area contributed by atoms with Gasteiger partial charge in [-0.3, -0.25) is 9.59 Å². The third kappa shape index (κ3) is 3.82. The highest BCUT2D eigenvalue weighted by atomic mass is 16.2. The van der Waals surface area contributed by atoms with Crippen molar-refractivity contribution in [1.29, 1.82) is 0 Å². The van der Waals surface area contributed by atoms with Gasteiger partial charge in [0.05, 0.1) is 6.04 Å². The Morgan fingerprint density at radius 1 is 1.10 bits per heavy atom. The monoisotopic (exact) mass is 287 g/mol. The maximum Gasteiger partial charge on any atom is 0.237 e.